The first-order valence-electron chi connectivity index (χ1n) is 6.35. The normalized spacial score (nSPS) is 9.81. The van der Waals surface area contributed by atoms with Crippen molar-refractivity contribution in [1.29, 1.82) is 0 Å². The van der Waals surface area contributed by atoms with E-state index >= 15 is 0 Å². The van der Waals surface area contributed by atoms with Gasteiger partial charge in [0.1, 0.15) is 5.75 Å². The number of methoxy groups -OCH3 is 1. The molecule has 1 rings (SSSR count). The van der Waals surface area contributed by atoms with Gasteiger partial charge in [-0.25, -0.2) is 4.79 Å². The SMILES string of the molecule is COc1ccc(C#CCCNC(C)=O)cc1/C=C/C(=O)O. The van der Waals surface area contributed by atoms with Crippen LogP contribution < -0.4 is 10.1 Å². The standard InChI is InChI=1S/C16H17NO4/c1-12(18)17-10-4-3-5-13-6-8-15(21-2)14(11-13)7-9-16(19)20/h6-9,11H,4,10H2,1-2H3,(H,17,18)(H,19,20)/b9-7+. The number of carboxylic acids is 1. The molecule has 0 radical (unpaired) electrons. The summed E-state index contributed by atoms with van der Waals surface area (Å²) in [5.41, 5.74) is 1.40. The molecule has 1 amide bonds. The molecule has 0 saturated carbocycles. The first-order chi connectivity index (χ1) is 10.0. The molecule has 0 atom stereocenters. The van der Waals surface area contributed by atoms with E-state index in [-0.39, 0.29) is 5.91 Å². The maximum Gasteiger partial charge on any atom is 0.328 e. The van der Waals surface area contributed by atoms with Crippen LogP contribution in [0.5, 0.6) is 5.75 Å². The molecule has 0 aliphatic heterocycles. The lowest BCUT2D eigenvalue weighted by molar-refractivity contribution is -0.131. The van der Waals surface area contributed by atoms with Crippen molar-refractivity contribution in [3.05, 3.63) is 35.4 Å². The number of carbonyl (C=O) groups excluding carboxylic acids is 1. The van der Waals surface area contributed by atoms with Gasteiger partial charge in [-0.2, -0.15) is 0 Å². The molecule has 0 unspecified atom stereocenters. The van der Waals surface area contributed by atoms with Crippen LogP contribution in [0.3, 0.4) is 0 Å². The summed E-state index contributed by atoms with van der Waals surface area (Å²) in [6.07, 6.45) is 3.06. The quantitative estimate of drug-likeness (QED) is 0.491. The van der Waals surface area contributed by atoms with Crippen LogP contribution in [-0.4, -0.2) is 30.6 Å². The highest BCUT2D eigenvalue weighted by Gasteiger charge is 2.01. The third kappa shape index (κ3) is 6.30. The van der Waals surface area contributed by atoms with E-state index in [0.717, 1.165) is 11.6 Å². The fourth-order valence-electron chi connectivity index (χ4n) is 1.57. The molecular formula is C16H17NO4. The van der Waals surface area contributed by atoms with Crippen LogP contribution in [0.25, 0.3) is 6.08 Å². The van der Waals surface area contributed by atoms with Gasteiger partial charge >= 0.3 is 5.97 Å². The lowest BCUT2D eigenvalue weighted by Crippen LogP contribution is -2.20. The lowest BCUT2D eigenvalue weighted by atomic mass is 10.1. The highest BCUT2D eigenvalue weighted by molar-refractivity contribution is 5.86. The molecule has 0 fully saturated rings. The Kier molecular flexibility index (Phi) is 6.55. The Labute approximate surface area is 123 Å². The van der Waals surface area contributed by atoms with E-state index in [1.54, 1.807) is 18.2 Å². The van der Waals surface area contributed by atoms with Crippen LogP contribution in [-0.2, 0) is 9.59 Å². The Morgan fingerprint density at radius 3 is 2.81 bits per heavy atom. The maximum atomic E-state index is 10.7. The number of benzene rings is 1. The molecule has 21 heavy (non-hydrogen) atoms. The molecule has 2 N–H and O–H groups in total. The number of amides is 1. The number of carboxylic acid groups (broad SMARTS) is 1. The average molecular weight is 287 g/mol. The molecular weight excluding hydrogens is 270 g/mol. The van der Waals surface area contributed by atoms with Crippen molar-refractivity contribution in [3.8, 4) is 17.6 Å². The fraction of sp³-hybridized carbons (Fsp3) is 0.250. The van der Waals surface area contributed by atoms with E-state index in [9.17, 15) is 9.59 Å². The van der Waals surface area contributed by atoms with Gasteiger partial charge in [-0.15, -0.1) is 0 Å². The second kappa shape index (κ2) is 8.43. The first kappa shape index (κ1) is 16.3. The highest BCUT2D eigenvalue weighted by atomic mass is 16.5. The van der Waals surface area contributed by atoms with Crippen LogP contribution >= 0.6 is 0 Å². The minimum Gasteiger partial charge on any atom is -0.496 e. The molecule has 0 spiro atoms. The lowest BCUT2D eigenvalue weighted by Gasteiger charge is -2.04. The second-order valence-electron chi connectivity index (χ2n) is 4.16. The van der Waals surface area contributed by atoms with Crippen LogP contribution in [0.2, 0.25) is 0 Å². The zero-order valence-electron chi connectivity index (χ0n) is 12.0. The summed E-state index contributed by atoms with van der Waals surface area (Å²) < 4.78 is 5.16. The summed E-state index contributed by atoms with van der Waals surface area (Å²) in [7, 11) is 1.52. The molecule has 0 bridgehead atoms. The fourth-order valence-corrected chi connectivity index (χ4v) is 1.57. The molecule has 0 aromatic heterocycles. The van der Waals surface area contributed by atoms with Gasteiger partial charge in [0.2, 0.25) is 5.91 Å². The summed E-state index contributed by atoms with van der Waals surface area (Å²) in [5.74, 6) is 5.37. The van der Waals surface area contributed by atoms with Gasteiger partial charge in [0.25, 0.3) is 0 Å². The number of ether oxygens (including phenoxy) is 1. The van der Waals surface area contributed by atoms with Gasteiger partial charge in [0.05, 0.1) is 7.11 Å². The number of hydrogen-bond donors (Lipinski definition) is 2. The highest BCUT2D eigenvalue weighted by Crippen LogP contribution is 2.21. The molecule has 5 heteroatoms. The predicted octanol–water partition coefficient (Wildman–Crippen LogP) is 1.67. The van der Waals surface area contributed by atoms with Crippen molar-refractivity contribution in [2.24, 2.45) is 0 Å². The Morgan fingerprint density at radius 1 is 1.43 bits per heavy atom. The van der Waals surface area contributed by atoms with Crippen molar-refractivity contribution in [2.75, 3.05) is 13.7 Å². The molecule has 1 aromatic carbocycles. The van der Waals surface area contributed by atoms with Crippen molar-refractivity contribution in [2.45, 2.75) is 13.3 Å². The Morgan fingerprint density at radius 2 is 2.19 bits per heavy atom. The topological polar surface area (TPSA) is 75.6 Å². The van der Waals surface area contributed by atoms with Gasteiger partial charge in [-0.3, -0.25) is 4.79 Å². The summed E-state index contributed by atoms with van der Waals surface area (Å²) in [4.78, 5) is 21.3. The van der Waals surface area contributed by atoms with Gasteiger partial charge in [0, 0.05) is 37.1 Å². The predicted molar refractivity (Wildman–Crippen MR) is 79.8 cm³/mol. The van der Waals surface area contributed by atoms with Crippen LogP contribution in [0, 0.1) is 11.8 Å². The number of hydrogen-bond acceptors (Lipinski definition) is 3. The average Bonchev–Trinajstić information content (AvgIpc) is 2.44. The van der Waals surface area contributed by atoms with Crippen molar-refractivity contribution >= 4 is 18.0 Å². The van der Waals surface area contributed by atoms with Gasteiger partial charge in [-0.1, -0.05) is 11.8 Å². The number of rotatable bonds is 5. The van der Waals surface area contributed by atoms with E-state index < -0.39 is 5.97 Å². The largest absolute Gasteiger partial charge is 0.496 e. The van der Waals surface area contributed by atoms with E-state index in [1.807, 2.05) is 0 Å². The summed E-state index contributed by atoms with van der Waals surface area (Å²) in [6, 6.07) is 5.28. The zero-order valence-corrected chi connectivity index (χ0v) is 12.0. The van der Waals surface area contributed by atoms with E-state index in [2.05, 4.69) is 17.2 Å². The smallest absolute Gasteiger partial charge is 0.328 e. The van der Waals surface area contributed by atoms with Crippen molar-refractivity contribution in [3.63, 3.8) is 0 Å². The molecule has 1 aromatic rings. The van der Waals surface area contributed by atoms with Gasteiger partial charge < -0.3 is 15.2 Å². The Hall–Kier alpha value is -2.74. The Balaban J connectivity index is 2.80. The molecule has 0 aliphatic rings. The maximum absolute atomic E-state index is 10.7. The van der Waals surface area contributed by atoms with E-state index in [1.165, 1.54) is 20.1 Å². The number of aliphatic carboxylic acids is 1. The first-order valence-corrected chi connectivity index (χ1v) is 6.35. The molecule has 0 heterocycles. The minimum absolute atomic E-state index is 0.0812. The number of nitrogens with one attached hydrogen (secondary N) is 1. The summed E-state index contributed by atoms with van der Waals surface area (Å²) in [5, 5.41) is 11.3. The van der Waals surface area contributed by atoms with Gasteiger partial charge in [0.15, 0.2) is 0 Å². The Bertz CT molecular complexity index is 608. The molecule has 5 nitrogen and oxygen atoms in total. The summed E-state index contributed by atoms with van der Waals surface area (Å²) >= 11 is 0. The van der Waals surface area contributed by atoms with Crippen LogP contribution in [0.1, 0.15) is 24.5 Å². The molecule has 110 valence electrons. The monoisotopic (exact) mass is 287 g/mol. The van der Waals surface area contributed by atoms with E-state index in [4.69, 9.17) is 9.84 Å². The third-order valence-corrected chi connectivity index (χ3v) is 2.49. The van der Waals surface area contributed by atoms with Gasteiger partial charge in [-0.05, 0) is 24.3 Å². The second-order valence-corrected chi connectivity index (χ2v) is 4.16. The number of carbonyl (C=O) groups is 2. The van der Waals surface area contributed by atoms with Crippen molar-refractivity contribution < 1.29 is 19.4 Å². The van der Waals surface area contributed by atoms with Crippen molar-refractivity contribution in [1.82, 2.24) is 5.32 Å². The molecule has 0 saturated heterocycles. The van der Waals surface area contributed by atoms with Crippen LogP contribution in [0.4, 0.5) is 0 Å². The minimum atomic E-state index is -1.02. The van der Waals surface area contributed by atoms with E-state index in [0.29, 0.717) is 24.3 Å². The van der Waals surface area contributed by atoms with Crippen LogP contribution in [0.15, 0.2) is 24.3 Å². The zero-order chi connectivity index (χ0) is 15.7. The molecule has 0 aliphatic carbocycles. The summed E-state index contributed by atoms with van der Waals surface area (Å²) in [6.45, 7) is 1.96. The third-order valence-electron chi connectivity index (χ3n) is 2.49.